The molecule has 146 valence electrons. The predicted molar refractivity (Wildman–Crippen MR) is 103 cm³/mol. The lowest BCUT2D eigenvalue weighted by Crippen LogP contribution is -2.50. The molecule has 1 N–H and O–H groups in total. The topological polar surface area (TPSA) is 65.1 Å². The van der Waals surface area contributed by atoms with Crippen LogP contribution in [0.3, 0.4) is 0 Å². The van der Waals surface area contributed by atoms with Crippen molar-refractivity contribution in [3.8, 4) is 0 Å². The number of rotatable bonds is 3. The van der Waals surface area contributed by atoms with Gasteiger partial charge in [0.25, 0.3) is 5.91 Å². The van der Waals surface area contributed by atoms with Crippen LogP contribution in [0.4, 0.5) is 10.5 Å². The number of hydrogen-bond acceptors (Lipinski definition) is 4. The average molecular weight is 372 g/mol. The van der Waals surface area contributed by atoms with E-state index in [2.05, 4.69) is 10.2 Å². The number of likely N-dealkylation sites (tertiary alicyclic amines) is 1. The zero-order chi connectivity index (χ0) is 18.8. The van der Waals surface area contributed by atoms with Crippen LogP contribution in [0.15, 0.2) is 18.2 Å². The van der Waals surface area contributed by atoms with Crippen LogP contribution >= 0.6 is 0 Å². The molecule has 0 aliphatic carbocycles. The van der Waals surface area contributed by atoms with Gasteiger partial charge in [0.1, 0.15) is 0 Å². The fourth-order valence-electron chi connectivity index (χ4n) is 4.29. The summed E-state index contributed by atoms with van der Waals surface area (Å²) in [7, 11) is 0. The Morgan fingerprint density at radius 2 is 1.85 bits per heavy atom. The monoisotopic (exact) mass is 372 g/mol. The van der Waals surface area contributed by atoms with Gasteiger partial charge in [-0.05, 0) is 37.5 Å². The second-order valence-corrected chi connectivity index (χ2v) is 7.56. The van der Waals surface area contributed by atoms with Crippen LogP contribution in [-0.2, 0) is 4.74 Å². The van der Waals surface area contributed by atoms with Crippen LogP contribution in [0, 0.1) is 6.92 Å². The fraction of sp³-hybridized carbons (Fsp3) is 0.600. The Morgan fingerprint density at radius 1 is 1.11 bits per heavy atom. The van der Waals surface area contributed by atoms with Gasteiger partial charge >= 0.3 is 6.03 Å². The van der Waals surface area contributed by atoms with Crippen molar-refractivity contribution < 1.29 is 14.3 Å². The van der Waals surface area contributed by atoms with Crippen LogP contribution in [-0.4, -0.2) is 80.3 Å². The highest BCUT2D eigenvalue weighted by atomic mass is 16.5. The third-order valence-electron chi connectivity index (χ3n) is 5.92. The van der Waals surface area contributed by atoms with Crippen molar-refractivity contribution in [2.24, 2.45) is 0 Å². The van der Waals surface area contributed by atoms with E-state index in [1.807, 2.05) is 30.0 Å². The number of piperidine rings is 1. The van der Waals surface area contributed by atoms with Gasteiger partial charge in [-0.1, -0.05) is 6.07 Å². The third-order valence-corrected chi connectivity index (χ3v) is 5.92. The highest BCUT2D eigenvalue weighted by Gasteiger charge is 2.29. The Morgan fingerprint density at radius 3 is 2.52 bits per heavy atom. The van der Waals surface area contributed by atoms with E-state index >= 15 is 0 Å². The minimum Gasteiger partial charge on any atom is -0.379 e. The van der Waals surface area contributed by atoms with E-state index < -0.39 is 0 Å². The van der Waals surface area contributed by atoms with Gasteiger partial charge in [0, 0.05) is 56.6 Å². The number of anilines is 1. The van der Waals surface area contributed by atoms with Crippen LogP contribution < -0.4 is 10.2 Å². The van der Waals surface area contributed by atoms with Gasteiger partial charge in [0.05, 0.1) is 13.2 Å². The molecular weight excluding hydrogens is 344 g/mol. The van der Waals surface area contributed by atoms with Gasteiger partial charge in [-0.2, -0.15) is 0 Å². The number of carbonyl (C=O) groups excluding carboxylic acids is 2. The lowest BCUT2D eigenvalue weighted by molar-refractivity contribution is 0.00159. The number of nitrogens with one attached hydrogen (secondary N) is 1. The molecule has 3 heterocycles. The van der Waals surface area contributed by atoms with E-state index in [0.29, 0.717) is 24.7 Å². The minimum atomic E-state index is -0.0889. The smallest absolute Gasteiger partial charge is 0.322 e. The van der Waals surface area contributed by atoms with E-state index in [-0.39, 0.29) is 11.9 Å². The molecule has 0 radical (unpaired) electrons. The second kappa shape index (κ2) is 7.86. The molecule has 7 heteroatoms. The van der Waals surface area contributed by atoms with Crippen molar-refractivity contribution in [3.05, 3.63) is 29.3 Å². The van der Waals surface area contributed by atoms with Gasteiger partial charge < -0.3 is 15.0 Å². The van der Waals surface area contributed by atoms with Gasteiger partial charge in [-0.15, -0.1) is 0 Å². The summed E-state index contributed by atoms with van der Waals surface area (Å²) < 4.78 is 5.44. The van der Waals surface area contributed by atoms with Crippen molar-refractivity contribution in [2.45, 2.75) is 25.8 Å². The SMILES string of the molecule is Cc1ccc(C(=O)N2CCC(N3CCOCC3)CC2)cc1N1CCNC1=O. The number of benzene rings is 1. The maximum atomic E-state index is 13.0. The first-order valence-electron chi connectivity index (χ1n) is 9.90. The summed E-state index contributed by atoms with van der Waals surface area (Å²) in [5, 5.41) is 2.82. The normalized spacial score (nSPS) is 22.2. The summed E-state index contributed by atoms with van der Waals surface area (Å²) >= 11 is 0. The summed E-state index contributed by atoms with van der Waals surface area (Å²) in [4.78, 5) is 31.2. The van der Waals surface area contributed by atoms with Crippen LogP contribution in [0.5, 0.6) is 0 Å². The van der Waals surface area contributed by atoms with Crippen molar-refractivity contribution in [1.82, 2.24) is 15.1 Å². The summed E-state index contributed by atoms with van der Waals surface area (Å²) in [6.07, 6.45) is 2.03. The molecule has 0 aromatic heterocycles. The van der Waals surface area contributed by atoms with Crippen molar-refractivity contribution in [2.75, 3.05) is 57.4 Å². The first-order valence-corrected chi connectivity index (χ1v) is 9.90. The Balaban J connectivity index is 1.42. The summed E-state index contributed by atoms with van der Waals surface area (Å²) in [5.41, 5.74) is 2.51. The number of hydrogen-bond donors (Lipinski definition) is 1. The first-order chi connectivity index (χ1) is 13.1. The highest BCUT2D eigenvalue weighted by molar-refractivity contribution is 5.99. The predicted octanol–water partition coefficient (Wildman–Crippen LogP) is 1.46. The van der Waals surface area contributed by atoms with E-state index in [1.54, 1.807) is 4.90 Å². The van der Waals surface area contributed by atoms with E-state index in [9.17, 15) is 9.59 Å². The molecule has 3 amide bonds. The molecule has 0 atom stereocenters. The summed E-state index contributed by atoms with van der Waals surface area (Å²) in [6.45, 7) is 8.46. The molecule has 3 saturated heterocycles. The molecule has 3 fully saturated rings. The minimum absolute atomic E-state index is 0.0660. The zero-order valence-corrected chi connectivity index (χ0v) is 15.9. The first kappa shape index (κ1) is 18.3. The number of ether oxygens (including phenoxy) is 1. The second-order valence-electron chi connectivity index (χ2n) is 7.56. The van der Waals surface area contributed by atoms with E-state index in [0.717, 1.165) is 63.5 Å². The Hall–Kier alpha value is -2.12. The Labute approximate surface area is 160 Å². The largest absolute Gasteiger partial charge is 0.379 e. The molecular formula is C20H28N4O3. The number of aryl methyl sites for hydroxylation is 1. The quantitative estimate of drug-likeness (QED) is 0.873. The molecule has 0 unspecified atom stereocenters. The number of urea groups is 1. The third kappa shape index (κ3) is 3.80. The maximum Gasteiger partial charge on any atom is 0.322 e. The molecule has 27 heavy (non-hydrogen) atoms. The highest BCUT2D eigenvalue weighted by Crippen LogP contribution is 2.25. The van der Waals surface area contributed by atoms with Crippen LogP contribution in [0.1, 0.15) is 28.8 Å². The van der Waals surface area contributed by atoms with E-state index in [1.165, 1.54) is 0 Å². The van der Waals surface area contributed by atoms with Gasteiger partial charge in [-0.3, -0.25) is 14.6 Å². The van der Waals surface area contributed by atoms with Crippen molar-refractivity contribution in [1.29, 1.82) is 0 Å². The number of nitrogens with zero attached hydrogens (tertiary/aromatic N) is 3. The standard InChI is InChI=1S/C20H28N4O3/c1-15-2-3-16(14-18(15)24-9-6-21-20(24)26)19(25)23-7-4-17(5-8-23)22-10-12-27-13-11-22/h2-3,14,17H,4-13H2,1H3,(H,21,26). The average Bonchev–Trinajstić information content (AvgIpc) is 3.14. The molecule has 1 aromatic rings. The fourth-order valence-corrected chi connectivity index (χ4v) is 4.29. The van der Waals surface area contributed by atoms with E-state index in [4.69, 9.17) is 4.74 Å². The molecule has 0 spiro atoms. The Bertz CT molecular complexity index is 709. The van der Waals surface area contributed by atoms with Gasteiger partial charge in [0.15, 0.2) is 0 Å². The molecule has 7 nitrogen and oxygen atoms in total. The van der Waals surface area contributed by atoms with Crippen LogP contribution in [0.25, 0.3) is 0 Å². The Kier molecular flexibility index (Phi) is 5.31. The summed E-state index contributed by atoms with van der Waals surface area (Å²) in [6, 6.07) is 6.16. The summed E-state index contributed by atoms with van der Waals surface area (Å²) in [5.74, 6) is 0.0660. The van der Waals surface area contributed by atoms with Gasteiger partial charge in [-0.25, -0.2) is 4.79 Å². The molecule has 1 aromatic carbocycles. The van der Waals surface area contributed by atoms with Crippen molar-refractivity contribution in [3.63, 3.8) is 0 Å². The number of amides is 3. The van der Waals surface area contributed by atoms with Crippen LogP contribution in [0.2, 0.25) is 0 Å². The molecule has 3 aliphatic rings. The van der Waals surface area contributed by atoms with Gasteiger partial charge in [0.2, 0.25) is 0 Å². The zero-order valence-electron chi connectivity index (χ0n) is 15.9. The molecule has 3 aliphatic heterocycles. The lowest BCUT2D eigenvalue weighted by atomic mass is 10.0. The molecule has 0 bridgehead atoms. The molecule has 0 saturated carbocycles. The lowest BCUT2D eigenvalue weighted by Gasteiger charge is -2.40. The van der Waals surface area contributed by atoms with Crippen molar-refractivity contribution >= 4 is 17.6 Å². The maximum absolute atomic E-state index is 13.0. The number of morpholine rings is 1. The molecule has 4 rings (SSSR count). The number of carbonyl (C=O) groups is 2.